The van der Waals surface area contributed by atoms with Crippen LogP contribution in [0.5, 0.6) is 5.75 Å². The molecule has 0 saturated carbocycles. The number of nitrogens with zero attached hydrogens (tertiary/aromatic N) is 2. The van der Waals surface area contributed by atoms with Crippen LogP contribution in [0, 0.1) is 0 Å². The lowest BCUT2D eigenvalue weighted by Crippen LogP contribution is -2.08. The third-order valence-corrected chi connectivity index (χ3v) is 3.26. The number of aryl methyl sites for hydroxylation is 1. The molecule has 102 valence electrons. The Balaban J connectivity index is 1.96. The number of nitrogens with two attached hydrogens (primary N) is 1. The highest BCUT2D eigenvalue weighted by Crippen LogP contribution is 2.18. The van der Waals surface area contributed by atoms with E-state index in [1.807, 2.05) is 30.5 Å². The highest BCUT2D eigenvalue weighted by atomic mass is 16.5. The number of hydrogen-bond acceptors (Lipinski definition) is 3. The maximum absolute atomic E-state index is 5.98. The minimum atomic E-state index is 0.105. The van der Waals surface area contributed by atoms with E-state index in [0.717, 1.165) is 30.1 Å². The summed E-state index contributed by atoms with van der Waals surface area (Å²) >= 11 is 0. The van der Waals surface area contributed by atoms with E-state index in [0.29, 0.717) is 6.61 Å². The van der Waals surface area contributed by atoms with Crippen molar-refractivity contribution in [3.05, 3.63) is 48.0 Å². The maximum Gasteiger partial charge on any atom is 0.146 e. The van der Waals surface area contributed by atoms with Crippen molar-refractivity contribution in [2.24, 2.45) is 5.73 Å². The molecule has 0 unspecified atom stereocenters. The molecule has 0 aliphatic heterocycles. The standard InChI is InChI=1S/C15H21N3O/c1-3-14(16)12-5-7-13(8-6-12)19-11-15-17-9-10-18(15)4-2/h5-10,14H,3-4,11,16H2,1-2H3/t14-/m0/s1. The maximum atomic E-state index is 5.98. The Bertz CT molecular complexity index is 504. The van der Waals surface area contributed by atoms with Gasteiger partial charge in [0, 0.05) is 25.0 Å². The van der Waals surface area contributed by atoms with Crippen LogP contribution in [0.25, 0.3) is 0 Å². The fourth-order valence-corrected chi connectivity index (χ4v) is 1.96. The molecule has 2 N–H and O–H groups in total. The summed E-state index contributed by atoms with van der Waals surface area (Å²) in [4.78, 5) is 4.28. The lowest BCUT2D eigenvalue weighted by atomic mass is 10.1. The molecule has 0 fully saturated rings. The van der Waals surface area contributed by atoms with Gasteiger partial charge in [-0.05, 0) is 31.0 Å². The van der Waals surface area contributed by atoms with Crippen LogP contribution in [0.4, 0.5) is 0 Å². The van der Waals surface area contributed by atoms with E-state index in [1.54, 1.807) is 6.20 Å². The van der Waals surface area contributed by atoms with Gasteiger partial charge in [0.15, 0.2) is 0 Å². The van der Waals surface area contributed by atoms with E-state index in [-0.39, 0.29) is 6.04 Å². The van der Waals surface area contributed by atoms with E-state index in [2.05, 4.69) is 23.4 Å². The zero-order valence-electron chi connectivity index (χ0n) is 11.5. The predicted octanol–water partition coefficient (Wildman–Crippen LogP) is 2.89. The first-order chi connectivity index (χ1) is 9.24. The van der Waals surface area contributed by atoms with Gasteiger partial charge in [0.2, 0.25) is 0 Å². The van der Waals surface area contributed by atoms with Gasteiger partial charge < -0.3 is 15.0 Å². The number of aromatic nitrogens is 2. The molecule has 1 aromatic heterocycles. The van der Waals surface area contributed by atoms with Crippen molar-refractivity contribution in [2.75, 3.05) is 0 Å². The normalized spacial score (nSPS) is 12.4. The number of imidazole rings is 1. The van der Waals surface area contributed by atoms with Crippen molar-refractivity contribution < 1.29 is 4.74 Å². The van der Waals surface area contributed by atoms with Crippen molar-refractivity contribution in [3.8, 4) is 5.75 Å². The molecule has 0 radical (unpaired) electrons. The van der Waals surface area contributed by atoms with Gasteiger partial charge in [-0.25, -0.2) is 4.98 Å². The molecule has 4 heteroatoms. The van der Waals surface area contributed by atoms with Gasteiger partial charge in [0.25, 0.3) is 0 Å². The van der Waals surface area contributed by atoms with Gasteiger partial charge in [0.05, 0.1) is 0 Å². The fourth-order valence-electron chi connectivity index (χ4n) is 1.96. The molecule has 1 aromatic carbocycles. The Hall–Kier alpha value is -1.81. The van der Waals surface area contributed by atoms with Crippen molar-refractivity contribution in [1.29, 1.82) is 0 Å². The van der Waals surface area contributed by atoms with Gasteiger partial charge in [-0.2, -0.15) is 0 Å². The second-order valence-corrected chi connectivity index (χ2v) is 4.50. The average molecular weight is 259 g/mol. The molecule has 1 atom stereocenters. The Morgan fingerprint density at radius 2 is 2.00 bits per heavy atom. The summed E-state index contributed by atoms with van der Waals surface area (Å²) in [6.07, 6.45) is 4.70. The molecule has 0 amide bonds. The highest BCUT2D eigenvalue weighted by molar-refractivity contribution is 5.29. The number of ether oxygens (including phenoxy) is 1. The number of rotatable bonds is 6. The van der Waals surface area contributed by atoms with Gasteiger partial charge in [-0.15, -0.1) is 0 Å². The fraction of sp³-hybridized carbons (Fsp3) is 0.400. The van der Waals surface area contributed by atoms with Gasteiger partial charge in [-0.3, -0.25) is 0 Å². The first-order valence-electron chi connectivity index (χ1n) is 6.73. The van der Waals surface area contributed by atoms with Crippen molar-refractivity contribution >= 4 is 0 Å². The van der Waals surface area contributed by atoms with E-state index in [9.17, 15) is 0 Å². The summed E-state index contributed by atoms with van der Waals surface area (Å²) in [5.41, 5.74) is 7.12. The second-order valence-electron chi connectivity index (χ2n) is 4.50. The molecule has 0 saturated heterocycles. The van der Waals surface area contributed by atoms with Gasteiger partial charge in [0.1, 0.15) is 18.2 Å². The lowest BCUT2D eigenvalue weighted by molar-refractivity contribution is 0.290. The second kappa shape index (κ2) is 6.38. The molecule has 19 heavy (non-hydrogen) atoms. The van der Waals surface area contributed by atoms with E-state index in [1.165, 1.54) is 0 Å². The molecule has 2 aromatic rings. The van der Waals surface area contributed by atoms with Gasteiger partial charge >= 0.3 is 0 Å². The average Bonchev–Trinajstić information content (AvgIpc) is 2.92. The van der Waals surface area contributed by atoms with Crippen LogP contribution in [0.1, 0.15) is 37.7 Å². The topological polar surface area (TPSA) is 53.1 Å². The SMILES string of the molecule is CC[C@H](N)c1ccc(OCc2nccn2CC)cc1. The molecule has 0 aliphatic rings. The largest absolute Gasteiger partial charge is 0.486 e. The monoisotopic (exact) mass is 259 g/mol. The lowest BCUT2D eigenvalue weighted by Gasteiger charge is -2.11. The van der Waals surface area contributed by atoms with Crippen LogP contribution in [0.15, 0.2) is 36.7 Å². The Morgan fingerprint density at radius 3 is 2.63 bits per heavy atom. The molecule has 0 spiro atoms. The zero-order valence-corrected chi connectivity index (χ0v) is 11.5. The predicted molar refractivity (Wildman–Crippen MR) is 75.9 cm³/mol. The van der Waals surface area contributed by atoms with Crippen LogP contribution in [0.2, 0.25) is 0 Å². The zero-order chi connectivity index (χ0) is 13.7. The Kier molecular flexibility index (Phi) is 4.58. The molecule has 0 aliphatic carbocycles. The minimum Gasteiger partial charge on any atom is -0.486 e. The van der Waals surface area contributed by atoms with Crippen LogP contribution < -0.4 is 10.5 Å². The van der Waals surface area contributed by atoms with E-state index >= 15 is 0 Å². The molecular formula is C15H21N3O. The van der Waals surface area contributed by atoms with Crippen LogP contribution in [-0.4, -0.2) is 9.55 Å². The van der Waals surface area contributed by atoms with Crippen molar-refractivity contribution in [3.63, 3.8) is 0 Å². The quantitative estimate of drug-likeness (QED) is 0.867. The molecule has 0 bridgehead atoms. The summed E-state index contributed by atoms with van der Waals surface area (Å²) in [5.74, 6) is 1.79. The van der Waals surface area contributed by atoms with E-state index in [4.69, 9.17) is 10.5 Å². The highest BCUT2D eigenvalue weighted by Gasteiger charge is 2.05. The number of benzene rings is 1. The first kappa shape index (κ1) is 13.6. The van der Waals surface area contributed by atoms with Crippen molar-refractivity contribution in [2.45, 2.75) is 39.5 Å². The Morgan fingerprint density at radius 1 is 1.26 bits per heavy atom. The summed E-state index contributed by atoms with van der Waals surface area (Å²) in [6.45, 7) is 5.56. The summed E-state index contributed by atoms with van der Waals surface area (Å²) in [5, 5.41) is 0. The van der Waals surface area contributed by atoms with Crippen molar-refractivity contribution in [1.82, 2.24) is 9.55 Å². The number of hydrogen-bond donors (Lipinski definition) is 1. The van der Waals surface area contributed by atoms with Crippen LogP contribution >= 0.6 is 0 Å². The van der Waals surface area contributed by atoms with E-state index < -0.39 is 0 Å². The third-order valence-electron chi connectivity index (χ3n) is 3.26. The molecular weight excluding hydrogens is 238 g/mol. The third kappa shape index (κ3) is 3.35. The molecule has 4 nitrogen and oxygen atoms in total. The molecule has 2 rings (SSSR count). The smallest absolute Gasteiger partial charge is 0.146 e. The van der Waals surface area contributed by atoms with Crippen LogP contribution in [0.3, 0.4) is 0 Å². The summed E-state index contributed by atoms with van der Waals surface area (Å²) < 4.78 is 7.81. The molecule has 1 heterocycles. The van der Waals surface area contributed by atoms with Gasteiger partial charge in [-0.1, -0.05) is 19.1 Å². The first-order valence-corrected chi connectivity index (χ1v) is 6.73. The Labute approximate surface area is 114 Å². The summed E-state index contributed by atoms with van der Waals surface area (Å²) in [6, 6.07) is 8.08. The minimum absolute atomic E-state index is 0.105. The summed E-state index contributed by atoms with van der Waals surface area (Å²) in [7, 11) is 0. The van der Waals surface area contributed by atoms with Crippen LogP contribution in [-0.2, 0) is 13.2 Å².